The summed E-state index contributed by atoms with van der Waals surface area (Å²) in [5.74, 6) is -0.407. The Kier molecular flexibility index (Phi) is 11.9. The highest BCUT2D eigenvalue weighted by molar-refractivity contribution is 7.89. The predicted molar refractivity (Wildman–Crippen MR) is 188 cm³/mol. The Hall–Kier alpha value is -4.28. The first-order valence-corrected chi connectivity index (χ1v) is 19.1. The van der Waals surface area contributed by atoms with Gasteiger partial charge in [-0.05, 0) is 73.1 Å². The molecular weight excluding hydrogens is 709 g/mol. The largest absolute Gasteiger partial charge is 0.530 e. The molecule has 286 valence electrons. The fourth-order valence-electron chi connectivity index (χ4n) is 7.31. The van der Waals surface area contributed by atoms with Crippen LogP contribution in [0.4, 0.5) is 9.18 Å². The van der Waals surface area contributed by atoms with Crippen LogP contribution in [0, 0.1) is 17.2 Å². The van der Waals surface area contributed by atoms with Gasteiger partial charge in [-0.15, -0.1) is 0 Å². The number of hydrogen-bond acceptors (Lipinski definition) is 10. The molecular formula is C38H45FN3O10S-. The van der Waals surface area contributed by atoms with Crippen molar-refractivity contribution in [3.05, 3.63) is 89.7 Å². The number of aliphatic hydroxyl groups excluding tert-OH is 1. The van der Waals surface area contributed by atoms with E-state index < -0.39 is 58.4 Å². The molecule has 0 spiro atoms. The number of aliphatic hydroxyl groups is 1. The number of halogens is 1. The molecule has 0 bridgehead atoms. The number of ether oxygens (including phenoxy) is 4. The lowest BCUT2D eigenvalue weighted by atomic mass is 9.87. The number of amides is 2. The van der Waals surface area contributed by atoms with E-state index in [1.165, 1.54) is 46.8 Å². The molecule has 53 heavy (non-hydrogen) atoms. The number of carbonyl (C=O) groups is 2. The molecule has 15 heteroatoms. The SMILES string of the molecule is CC(C)(CCCNC(=O)c1ccc(F)cc1)CN(C[C@@H](O)[C@H](Cc1ccccc1)N(C(=O)[O-])[C@H]1CO[C@H]2OCC[C@H]21)S(=O)(=O)c1ccc2c(c1)OCO2. The van der Waals surface area contributed by atoms with Gasteiger partial charge in [0.25, 0.3) is 5.91 Å². The highest BCUT2D eigenvalue weighted by Gasteiger charge is 2.47. The molecule has 3 aliphatic rings. The van der Waals surface area contributed by atoms with Crippen molar-refractivity contribution in [2.75, 3.05) is 39.6 Å². The summed E-state index contributed by atoms with van der Waals surface area (Å²) in [6, 6.07) is 16.8. The molecule has 0 aliphatic carbocycles. The smallest absolute Gasteiger partial charge is 0.251 e. The standard InChI is InChI=1S/C38H46FN3O10S/c1-38(2,16-6-17-40-35(44)26-9-11-27(39)12-10-26)23-41(53(47,48)28-13-14-33-34(20-28)52-24-51-33)21-32(43)30(19-25-7-4-3-5-8-25)42(37(45)46)31-22-50-36-29(31)15-18-49-36/h3-5,7-14,20,29-32,36,43H,6,15-19,21-24H2,1-2H3,(H,40,44)(H,45,46)/p-1/t29-,30-,31-,32+,36+/m0/s1. The second kappa shape index (κ2) is 16.4. The molecule has 0 aromatic heterocycles. The monoisotopic (exact) mass is 754 g/mol. The second-order valence-corrected chi connectivity index (χ2v) is 16.4. The summed E-state index contributed by atoms with van der Waals surface area (Å²) in [6.07, 6.45) is -1.96. The van der Waals surface area contributed by atoms with Crippen molar-refractivity contribution >= 4 is 22.0 Å². The number of nitrogens with one attached hydrogen (secondary N) is 1. The van der Waals surface area contributed by atoms with Gasteiger partial charge in [0.05, 0.1) is 36.3 Å². The van der Waals surface area contributed by atoms with Gasteiger partial charge in [-0.2, -0.15) is 4.31 Å². The molecule has 2 saturated heterocycles. The third-order valence-corrected chi connectivity index (χ3v) is 11.9. The molecule has 6 rings (SSSR count). The van der Waals surface area contributed by atoms with Crippen molar-refractivity contribution in [3.63, 3.8) is 0 Å². The average Bonchev–Trinajstić information content (AvgIpc) is 3.89. The highest BCUT2D eigenvalue weighted by Crippen LogP contribution is 2.38. The molecule has 3 aromatic carbocycles. The van der Waals surface area contributed by atoms with E-state index in [-0.39, 0.29) is 55.4 Å². The van der Waals surface area contributed by atoms with Crippen LogP contribution in [0.3, 0.4) is 0 Å². The predicted octanol–water partition coefficient (Wildman–Crippen LogP) is 3.16. The Morgan fingerprint density at radius 2 is 1.77 bits per heavy atom. The van der Waals surface area contributed by atoms with E-state index in [0.717, 1.165) is 10.5 Å². The number of sulfonamides is 1. The zero-order valence-corrected chi connectivity index (χ0v) is 30.5. The van der Waals surface area contributed by atoms with Crippen LogP contribution in [0.5, 0.6) is 11.5 Å². The van der Waals surface area contributed by atoms with Crippen molar-refractivity contribution in [2.24, 2.45) is 11.3 Å². The first-order chi connectivity index (χ1) is 25.3. The molecule has 13 nitrogen and oxygen atoms in total. The average molecular weight is 755 g/mol. The van der Waals surface area contributed by atoms with E-state index in [1.807, 2.05) is 44.2 Å². The lowest BCUT2D eigenvalue weighted by Gasteiger charge is -2.43. The molecule has 5 atom stereocenters. The van der Waals surface area contributed by atoms with Crippen LogP contribution in [0.1, 0.15) is 49.0 Å². The normalized spacial score (nSPS) is 20.6. The van der Waals surface area contributed by atoms with Crippen LogP contribution in [0.15, 0.2) is 77.7 Å². The second-order valence-electron chi connectivity index (χ2n) is 14.4. The van der Waals surface area contributed by atoms with Gasteiger partial charge in [0.1, 0.15) is 11.9 Å². The van der Waals surface area contributed by atoms with Crippen LogP contribution in [-0.2, 0) is 25.9 Å². The maximum Gasteiger partial charge on any atom is 0.251 e. The number of carbonyl (C=O) groups excluding carboxylic acids is 2. The molecule has 3 heterocycles. The fraction of sp³-hybridized carbons (Fsp3) is 0.474. The first-order valence-electron chi connectivity index (χ1n) is 17.7. The van der Waals surface area contributed by atoms with Gasteiger partial charge in [0, 0.05) is 37.2 Å². The van der Waals surface area contributed by atoms with Gasteiger partial charge < -0.3 is 44.2 Å². The van der Waals surface area contributed by atoms with Crippen molar-refractivity contribution in [1.29, 1.82) is 0 Å². The van der Waals surface area contributed by atoms with Gasteiger partial charge in [-0.25, -0.2) is 12.8 Å². The zero-order chi connectivity index (χ0) is 37.8. The Balaban J connectivity index is 1.25. The number of carboxylic acid groups (broad SMARTS) is 1. The lowest BCUT2D eigenvalue weighted by Crippen LogP contribution is -2.61. The van der Waals surface area contributed by atoms with Gasteiger partial charge in [-0.1, -0.05) is 44.2 Å². The van der Waals surface area contributed by atoms with Gasteiger partial charge in [0.2, 0.25) is 16.8 Å². The molecule has 0 saturated carbocycles. The molecule has 3 aliphatic heterocycles. The van der Waals surface area contributed by atoms with Crippen LogP contribution < -0.4 is 19.9 Å². The van der Waals surface area contributed by atoms with Crippen molar-refractivity contribution < 1.29 is 51.6 Å². The summed E-state index contributed by atoms with van der Waals surface area (Å²) in [4.78, 5) is 26.6. The third kappa shape index (κ3) is 9.10. The van der Waals surface area contributed by atoms with Crippen LogP contribution >= 0.6 is 0 Å². The van der Waals surface area contributed by atoms with Gasteiger partial charge in [0.15, 0.2) is 17.8 Å². The van der Waals surface area contributed by atoms with Gasteiger partial charge >= 0.3 is 0 Å². The van der Waals surface area contributed by atoms with E-state index in [1.54, 1.807) is 0 Å². The number of hydrogen-bond donors (Lipinski definition) is 2. The van der Waals surface area contributed by atoms with Crippen molar-refractivity contribution in [3.8, 4) is 11.5 Å². The number of benzene rings is 3. The van der Waals surface area contributed by atoms with E-state index >= 15 is 0 Å². The van der Waals surface area contributed by atoms with E-state index in [9.17, 15) is 32.6 Å². The Labute approximate surface area is 308 Å². The number of fused-ring (bicyclic) bond motifs is 2. The quantitative estimate of drug-likeness (QED) is 0.208. The summed E-state index contributed by atoms with van der Waals surface area (Å²) in [5, 5.41) is 27.9. The fourth-order valence-corrected chi connectivity index (χ4v) is 8.98. The lowest BCUT2D eigenvalue weighted by molar-refractivity contribution is -0.273. The molecule has 2 N–H and O–H groups in total. The summed E-state index contributed by atoms with van der Waals surface area (Å²) in [5.41, 5.74) is 0.381. The molecule has 2 fully saturated rings. The zero-order valence-electron chi connectivity index (χ0n) is 29.7. The Morgan fingerprint density at radius 1 is 1.04 bits per heavy atom. The highest BCUT2D eigenvalue weighted by atomic mass is 32.2. The Bertz CT molecular complexity index is 1850. The number of nitrogens with zero attached hydrogens (tertiary/aromatic N) is 2. The minimum Gasteiger partial charge on any atom is -0.530 e. The molecule has 3 aromatic rings. The maximum atomic E-state index is 14.5. The van der Waals surface area contributed by atoms with Crippen molar-refractivity contribution in [1.82, 2.24) is 14.5 Å². The Morgan fingerprint density at radius 3 is 2.51 bits per heavy atom. The van der Waals surface area contributed by atoms with Crippen molar-refractivity contribution in [2.45, 2.75) is 68.9 Å². The van der Waals surface area contributed by atoms with Gasteiger partial charge in [-0.3, -0.25) is 4.79 Å². The summed E-state index contributed by atoms with van der Waals surface area (Å²) in [7, 11) is -4.31. The maximum absolute atomic E-state index is 14.5. The van der Waals surface area contributed by atoms with E-state index in [0.29, 0.717) is 37.2 Å². The van der Waals surface area contributed by atoms with E-state index in [4.69, 9.17) is 18.9 Å². The third-order valence-electron chi connectivity index (χ3n) is 10.1. The topological polar surface area (TPSA) is 167 Å². The van der Waals surface area contributed by atoms with E-state index in [2.05, 4.69) is 5.32 Å². The summed E-state index contributed by atoms with van der Waals surface area (Å²) < 4.78 is 65.8. The summed E-state index contributed by atoms with van der Waals surface area (Å²) in [6.45, 7) is 3.96. The first kappa shape index (κ1) is 38.4. The van der Waals surface area contributed by atoms with Crippen LogP contribution in [-0.4, -0.2) is 98.8 Å². The van der Waals surface area contributed by atoms with Crippen LogP contribution in [0.2, 0.25) is 0 Å². The summed E-state index contributed by atoms with van der Waals surface area (Å²) >= 11 is 0. The van der Waals surface area contributed by atoms with Crippen LogP contribution in [0.25, 0.3) is 0 Å². The molecule has 0 radical (unpaired) electrons. The number of rotatable bonds is 16. The minimum atomic E-state index is -4.31. The molecule has 2 amide bonds. The molecule has 0 unspecified atom stereocenters. The minimum absolute atomic E-state index is 0.0469.